The molecule has 0 bridgehead atoms. The average molecular weight is 311 g/mol. The van der Waals surface area contributed by atoms with Crippen LogP contribution in [0.1, 0.15) is 28.2 Å². The van der Waals surface area contributed by atoms with Crippen LogP contribution in [0.15, 0.2) is 29.1 Å². The lowest BCUT2D eigenvalue weighted by Gasteiger charge is -2.08. The fourth-order valence-electron chi connectivity index (χ4n) is 2.74. The van der Waals surface area contributed by atoms with Crippen molar-refractivity contribution in [3.63, 3.8) is 0 Å². The van der Waals surface area contributed by atoms with Crippen molar-refractivity contribution >= 4 is 22.6 Å². The number of benzene rings is 1. The van der Waals surface area contributed by atoms with Crippen molar-refractivity contribution in [2.24, 2.45) is 0 Å². The number of rotatable bonds is 3. The minimum Gasteiger partial charge on any atom is -0.382 e. The van der Waals surface area contributed by atoms with Gasteiger partial charge in [-0.1, -0.05) is 12.1 Å². The van der Waals surface area contributed by atoms with Gasteiger partial charge in [-0.05, 0) is 38.0 Å². The zero-order valence-corrected chi connectivity index (χ0v) is 13.0. The molecule has 3 rings (SSSR count). The smallest absolute Gasteiger partial charge is 0.345 e. The van der Waals surface area contributed by atoms with Crippen LogP contribution in [-0.4, -0.2) is 25.7 Å². The Morgan fingerprint density at radius 3 is 2.78 bits per heavy atom. The van der Waals surface area contributed by atoms with Gasteiger partial charge in [0, 0.05) is 23.2 Å². The summed E-state index contributed by atoms with van der Waals surface area (Å²) in [6.07, 6.45) is 0.731. The quantitative estimate of drug-likeness (QED) is 0.764. The fraction of sp³-hybridized carbons (Fsp3) is 0.250. The molecule has 118 valence electrons. The number of nitrogens with zero attached hydrogens (tertiary/aromatic N) is 3. The molecule has 0 atom stereocenters. The van der Waals surface area contributed by atoms with Gasteiger partial charge in [0.1, 0.15) is 0 Å². The summed E-state index contributed by atoms with van der Waals surface area (Å²) < 4.78 is 1.34. The highest BCUT2D eigenvalue weighted by Gasteiger charge is 2.15. The predicted octanol–water partition coefficient (Wildman–Crippen LogP) is 1.59. The normalized spacial score (nSPS) is 11.0. The Labute approximate surface area is 132 Å². The summed E-state index contributed by atoms with van der Waals surface area (Å²) in [4.78, 5) is 30.3. The van der Waals surface area contributed by atoms with Crippen molar-refractivity contribution in [1.29, 1.82) is 0 Å². The number of fused-ring (bicyclic) bond motifs is 1. The molecule has 2 heterocycles. The monoisotopic (exact) mass is 311 g/mol. The van der Waals surface area contributed by atoms with Gasteiger partial charge >= 0.3 is 5.69 Å². The third-order valence-electron chi connectivity index (χ3n) is 3.89. The van der Waals surface area contributed by atoms with Crippen molar-refractivity contribution in [2.75, 3.05) is 5.73 Å². The molecule has 0 aliphatic carbocycles. The van der Waals surface area contributed by atoms with Crippen LogP contribution < -0.4 is 11.4 Å². The Bertz CT molecular complexity index is 928. The minimum atomic E-state index is -0.374. The maximum absolute atomic E-state index is 12.5. The number of nitrogens with two attached hydrogens (primary N) is 1. The number of aromatic nitrogens is 4. The molecule has 0 saturated heterocycles. The van der Waals surface area contributed by atoms with Crippen LogP contribution in [0, 0.1) is 13.8 Å². The van der Waals surface area contributed by atoms with Crippen LogP contribution in [0.3, 0.4) is 0 Å². The van der Waals surface area contributed by atoms with Crippen molar-refractivity contribution < 1.29 is 4.79 Å². The lowest BCUT2D eigenvalue weighted by atomic mass is 10.1. The van der Waals surface area contributed by atoms with Gasteiger partial charge < -0.3 is 10.7 Å². The minimum absolute atomic E-state index is 0.150. The molecule has 7 nitrogen and oxygen atoms in total. The molecule has 0 fully saturated rings. The summed E-state index contributed by atoms with van der Waals surface area (Å²) in [5, 5.41) is 4.90. The van der Waals surface area contributed by atoms with Gasteiger partial charge in [-0.2, -0.15) is 9.67 Å². The second kappa shape index (κ2) is 5.68. The highest BCUT2D eigenvalue weighted by Crippen LogP contribution is 2.20. The zero-order valence-electron chi connectivity index (χ0n) is 13.0. The average Bonchev–Trinajstić information content (AvgIpc) is 2.84. The largest absolute Gasteiger partial charge is 0.382 e. The molecule has 0 saturated carbocycles. The van der Waals surface area contributed by atoms with Crippen molar-refractivity contribution in [3.8, 4) is 0 Å². The number of nitrogens with one attached hydrogen (secondary N) is 1. The number of carbonyl (C=O) groups excluding carboxylic acids is 1. The van der Waals surface area contributed by atoms with Gasteiger partial charge in [0.05, 0.1) is 5.52 Å². The Balaban J connectivity index is 1.86. The summed E-state index contributed by atoms with van der Waals surface area (Å²) in [5.41, 5.74) is 8.43. The van der Waals surface area contributed by atoms with Gasteiger partial charge in [0.25, 0.3) is 0 Å². The van der Waals surface area contributed by atoms with E-state index < -0.39 is 0 Å². The molecule has 0 spiro atoms. The molecule has 3 N–H and O–H groups in total. The molecule has 0 aliphatic rings. The van der Waals surface area contributed by atoms with E-state index in [1.165, 1.54) is 4.68 Å². The van der Waals surface area contributed by atoms with Crippen LogP contribution >= 0.6 is 0 Å². The van der Waals surface area contributed by atoms with Gasteiger partial charge in [0.2, 0.25) is 5.91 Å². The second-order valence-corrected chi connectivity index (χ2v) is 5.44. The second-order valence-electron chi connectivity index (χ2n) is 5.44. The van der Waals surface area contributed by atoms with Crippen LogP contribution in [-0.2, 0) is 6.42 Å². The molecule has 1 aromatic carbocycles. The topological polar surface area (TPSA) is 107 Å². The number of para-hydroxylation sites is 1. The summed E-state index contributed by atoms with van der Waals surface area (Å²) >= 11 is 0. The molecule has 0 aliphatic heterocycles. The maximum atomic E-state index is 12.5. The van der Waals surface area contributed by atoms with E-state index in [2.05, 4.69) is 15.1 Å². The number of H-pyrrole nitrogens is 1. The molecule has 0 unspecified atom stereocenters. The first kappa shape index (κ1) is 15.0. The van der Waals surface area contributed by atoms with Crippen molar-refractivity contribution in [1.82, 2.24) is 19.7 Å². The van der Waals surface area contributed by atoms with Crippen LogP contribution in [0.4, 0.5) is 5.82 Å². The summed E-state index contributed by atoms with van der Waals surface area (Å²) in [5.74, 6) is 0.190. The fourth-order valence-corrected chi connectivity index (χ4v) is 2.74. The van der Waals surface area contributed by atoms with E-state index in [1.807, 2.05) is 24.3 Å². The van der Waals surface area contributed by atoms with E-state index in [0.29, 0.717) is 23.4 Å². The highest BCUT2D eigenvalue weighted by atomic mass is 16.2. The molecule has 2 aromatic heterocycles. The third kappa shape index (κ3) is 2.73. The summed E-state index contributed by atoms with van der Waals surface area (Å²) in [7, 11) is 0. The zero-order chi connectivity index (χ0) is 16.6. The van der Waals surface area contributed by atoms with E-state index in [1.54, 1.807) is 13.8 Å². The Morgan fingerprint density at radius 1 is 1.30 bits per heavy atom. The standard InChI is InChI=1S/C16H17N5O2/c1-9-11(10(2)19-16(23)18-9)7-8-14(22)21-13-6-4-3-5-12(13)15(17)20-21/h3-6H,7-8H2,1-2H3,(H2,17,20)(H,18,19,23). The lowest BCUT2D eigenvalue weighted by Crippen LogP contribution is -2.18. The SMILES string of the molecule is Cc1nc(=O)[nH]c(C)c1CCC(=O)n1nc(N)c2ccccc21. The van der Waals surface area contributed by atoms with Gasteiger partial charge in [-0.3, -0.25) is 4.79 Å². The number of aryl methyl sites for hydroxylation is 2. The Hall–Kier alpha value is -2.96. The predicted molar refractivity (Wildman–Crippen MR) is 87.4 cm³/mol. The molecule has 0 amide bonds. The molecule has 3 aromatic rings. The summed E-state index contributed by atoms with van der Waals surface area (Å²) in [6, 6.07) is 7.34. The van der Waals surface area contributed by atoms with Gasteiger partial charge in [-0.25, -0.2) is 4.79 Å². The van der Waals surface area contributed by atoms with E-state index in [4.69, 9.17) is 5.73 Å². The number of aromatic amines is 1. The van der Waals surface area contributed by atoms with Crippen molar-refractivity contribution in [3.05, 3.63) is 51.7 Å². The third-order valence-corrected chi connectivity index (χ3v) is 3.89. The van der Waals surface area contributed by atoms with E-state index in [0.717, 1.165) is 16.6 Å². The molecular weight excluding hydrogens is 294 g/mol. The van der Waals surface area contributed by atoms with E-state index >= 15 is 0 Å². The van der Waals surface area contributed by atoms with Crippen LogP contribution in [0.5, 0.6) is 0 Å². The van der Waals surface area contributed by atoms with Crippen molar-refractivity contribution in [2.45, 2.75) is 26.7 Å². The number of hydrogen-bond acceptors (Lipinski definition) is 5. The molecule has 7 heteroatoms. The summed E-state index contributed by atoms with van der Waals surface area (Å²) in [6.45, 7) is 3.57. The molecular formula is C16H17N5O2. The number of hydrogen-bond donors (Lipinski definition) is 2. The first-order valence-electron chi connectivity index (χ1n) is 7.30. The van der Waals surface area contributed by atoms with E-state index in [-0.39, 0.29) is 18.0 Å². The highest BCUT2D eigenvalue weighted by molar-refractivity contribution is 5.96. The van der Waals surface area contributed by atoms with Crippen LogP contribution in [0.2, 0.25) is 0 Å². The number of anilines is 1. The lowest BCUT2D eigenvalue weighted by molar-refractivity contribution is 0.0893. The Morgan fingerprint density at radius 2 is 2.04 bits per heavy atom. The number of carbonyl (C=O) groups is 1. The van der Waals surface area contributed by atoms with E-state index in [9.17, 15) is 9.59 Å². The Kier molecular flexibility index (Phi) is 3.69. The molecule has 23 heavy (non-hydrogen) atoms. The van der Waals surface area contributed by atoms with Gasteiger partial charge in [0.15, 0.2) is 5.82 Å². The first-order chi connectivity index (χ1) is 11.0. The molecule has 0 radical (unpaired) electrons. The maximum Gasteiger partial charge on any atom is 0.345 e. The van der Waals surface area contributed by atoms with Gasteiger partial charge in [-0.15, -0.1) is 5.10 Å². The number of nitrogen functional groups attached to an aromatic ring is 1. The first-order valence-corrected chi connectivity index (χ1v) is 7.30. The van der Waals surface area contributed by atoms with Crippen LogP contribution in [0.25, 0.3) is 10.9 Å².